The van der Waals surface area contributed by atoms with E-state index in [4.69, 9.17) is 4.74 Å². The molecule has 0 radical (unpaired) electrons. The van der Waals surface area contributed by atoms with Crippen molar-refractivity contribution in [3.63, 3.8) is 0 Å². The molecule has 5 nitrogen and oxygen atoms in total. The maximum atomic E-state index is 13.9. The van der Waals surface area contributed by atoms with Crippen LogP contribution in [0.15, 0.2) is 53.5 Å². The summed E-state index contributed by atoms with van der Waals surface area (Å²) in [7, 11) is 1.70. The highest BCUT2D eigenvalue weighted by Gasteiger charge is 2.41. The molecule has 2 fully saturated rings. The fraction of sp³-hybridized carbons (Fsp3) is 0.409. The molecule has 162 valence electrons. The van der Waals surface area contributed by atoms with E-state index in [0.29, 0.717) is 12.6 Å². The predicted octanol–water partition coefficient (Wildman–Crippen LogP) is 3.24. The number of fused-ring (bicyclic) bond motifs is 1. The van der Waals surface area contributed by atoms with E-state index in [1.54, 1.807) is 7.05 Å². The van der Waals surface area contributed by atoms with E-state index < -0.39 is 11.6 Å². The molecule has 8 heteroatoms. The van der Waals surface area contributed by atoms with E-state index in [0.717, 1.165) is 38.3 Å². The summed E-state index contributed by atoms with van der Waals surface area (Å²) >= 11 is 0. The second-order valence-electron chi connectivity index (χ2n) is 7.47. The normalized spacial score (nSPS) is 21.8. The highest BCUT2D eigenvalue weighted by Crippen LogP contribution is 2.24. The Balaban J connectivity index is 0.00000256. The summed E-state index contributed by atoms with van der Waals surface area (Å²) in [6.07, 6.45) is 0.108. The van der Waals surface area contributed by atoms with Crippen molar-refractivity contribution >= 4 is 29.9 Å². The molecule has 4 rings (SSSR count). The van der Waals surface area contributed by atoms with E-state index in [-0.39, 0.29) is 48.2 Å². The van der Waals surface area contributed by atoms with Gasteiger partial charge in [0.2, 0.25) is 0 Å². The minimum absolute atomic E-state index is 0. The smallest absolute Gasteiger partial charge is 0.194 e. The Morgan fingerprint density at radius 3 is 2.73 bits per heavy atom. The quantitative estimate of drug-likeness (QED) is 0.376. The Labute approximate surface area is 193 Å². The lowest BCUT2D eigenvalue weighted by Gasteiger charge is -2.36. The number of nitrogens with zero attached hydrogens (tertiary/aromatic N) is 3. The second kappa shape index (κ2) is 10.5. The summed E-state index contributed by atoms with van der Waals surface area (Å²) < 4.78 is 33.4. The van der Waals surface area contributed by atoms with Crippen molar-refractivity contribution in [2.24, 2.45) is 4.99 Å². The van der Waals surface area contributed by atoms with Gasteiger partial charge in [-0.05, 0) is 23.8 Å². The van der Waals surface area contributed by atoms with Crippen LogP contribution in [0.2, 0.25) is 0 Å². The summed E-state index contributed by atoms with van der Waals surface area (Å²) in [5, 5.41) is 3.17. The van der Waals surface area contributed by atoms with E-state index in [9.17, 15) is 8.78 Å². The summed E-state index contributed by atoms with van der Waals surface area (Å²) in [6, 6.07) is 14.2. The Kier molecular flexibility index (Phi) is 8.01. The van der Waals surface area contributed by atoms with Crippen molar-refractivity contribution in [1.29, 1.82) is 0 Å². The molecule has 0 spiro atoms. The SMILES string of the molecule is CN=C(NCc1cc(F)ccc1F)N1CC2OCCN(Cc3ccccc3)C2C1.I. The molecule has 2 aromatic carbocycles. The Bertz CT molecular complexity index is 867. The average Bonchev–Trinajstić information content (AvgIpc) is 3.17. The molecule has 0 saturated carbocycles. The van der Waals surface area contributed by atoms with Crippen LogP contribution in [0.4, 0.5) is 8.78 Å². The average molecular weight is 528 g/mol. The number of halogens is 3. The molecule has 2 saturated heterocycles. The largest absolute Gasteiger partial charge is 0.373 e. The first-order valence-electron chi connectivity index (χ1n) is 9.93. The number of morpholine rings is 1. The van der Waals surface area contributed by atoms with Gasteiger partial charge in [0.15, 0.2) is 5.96 Å². The molecule has 2 aliphatic rings. The first-order chi connectivity index (χ1) is 14.1. The summed E-state index contributed by atoms with van der Waals surface area (Å²) in [6.45, 7) is 4.17. The fourth-order valence-electron chi connectivity index (χ4n) is 4.13. The monoisotopic (exact) mass is 528 g/mol. The first-order valence-corrected chi connectivity index (χ1v) is 9.93. The molecular formula is C22H27F2IN4O. The summed E-state index contributed by atoms with van der Waals surface area (Å²) in [5.41, 5.74) is 1.57. The second-order valence-corrected chi connectivity index (χ2v) is 7.47. The van der Waals surface area contributed by atoms with Gasteiger partial charge in [0, 0.05) is 45.3 Å². The number of hydrogen-bond donors (Lipinski definition) is 1. The minimum atomic E-state index is -0.449. The van der Waals surface area contributed by atoms with Gasteiger partial charge in [-0.1, -0.05) is 30.3 Å². The van der Waals surface area contributed by atoms with Crippen LogP contribution in [-0.2, 0) is 17.8 Å². The van der Waals surface area contributed by atoms with Gasteiger partial charge in [0.1, 0.15) is 11.6 Å². The van der Waals surface area contributed by atoms with Gasteiger partial charge in [-0.25, -0.2) is 8.78 Å². The van der Waals surface area contributed by atoms with Crippen LogP contribution in [0, 0.1) is 11.6 Å². The molecule has 30 heavy (non-hydrogen) atoms. The van der Waals surface area contributed by atoms with Gasteiger partial charge in [-0.15, -0.1) is 24.0 Å². The topological polar surface area (TPSA) is 40.1 Å². The van der Waals surface area contributed by atoms with Gasteiger partial charge in [0.25, 0.3) is 0 Å². The van der Waals surface area contributed by atoms with Crippen molar-refractivity contribution in [3.8, 4) is 0 Å². The number of aliphatic imine (C=N–C) groups is 1. The van der Waals surface area contributed by atoms with Gasteiger partial charge >= 0.3 is 0 Å². The third-order valence-corrected chi connectivity index (χ3v) is 5.60. The molecular weight excluding hydrogens is 501 g/mol. The molecule has 2 unspecified atom stereocenters. The fourth-order valence-corrected chi connectivity index (χ4v) is 4.13. The highest BCUT2D eigenvalue weighted by atomic mass is 127. The van der Waals surface area contributed by atoms with Crippen molar-refractivity contribution in [2.45, 2.75) is 25.2 Å². The van der Waals surface area contributed by atoms with Gasteiger partial charge in [-0.2, -0.15) is 0 Å². The van der Waals surface area contributed by atoms with E-state index in [2.05, 4.69) is 44.4 Å². The summed E-state index contributed by atoms with van der Waals surface area (Å²) in [4.78, 5) is 8.94. The molecule has 0 aliphatic carbocycles. The number of likely N-dealkylation sites (tertiary alicyclic amines) is 1. The lowest BCUT2D eigenvalue weighted by Crippen LogP contribution is -2.50. The van der Waals surface area contributed by atoms with Crippen molar-refractivity contribution in [1.82, 2.24) is 15.1 Å². The molecule has 2 atom stereocenters. The number of rotatable bonds is 4. The van der Waals surface area contributed by atoms with Gasteiger partial charge in [-0.3, -0.25) is 9.89 Å². The van der Waals surface area contributed by atoms with Crippen LogP contribution < -0.4 is 5.32 Å². The van der Waals surface area contributed by atoms with Crippen LogP contribution in [-0.4, -0.2) is 61.2 Å². The Morgan fingerprint density at radius 2 is 1.97 bits per heavy atom. The van der Waals surface area contributed by atoms with E-state index in [1.807, 2.05) is 6.07 Å². The lowest BCUT2D eigenvalue weighted by atomic mass is 10.1. The number of ether oxygens (including phenoxy) is 1. The zero-order chi connectivity index (χ0) is 20.2. The number of hydrogen-bond acceptors (Lipinski definition) is 3. The van der Waals surface area contributed by atoms with Crippen LogP contribution in [0.5, 0.6) is 0 Å². The lowest BCUT2D eigenvalue weighted by molar-refractivity contribution is -0.0502. The standard InChI is InChI=1S/C22H26F2N4O.HI/c1-25-22(26-12-17-11-18(23)7-8-19(17)24)28-14-20-21(15-28)29-10-9-27(20)13-16-5-3-2-4-6-16;/h2-8,11,20-21H,9-10,12-15H2,1H3,(H,25,26);1H. The Hall–Kier alpha value is -1.78. The first kappa shape index (κ1) is 22.9. The highest BCUT2D eigenvalue weighted by molar-refractivity contribution is 14.0. The maximum Gasteiger partial charge on any atom is 0.194 e. The van der Waals surface area contributed by atoms with Gasteiger partial charge in [0.05, 0.1) is 18.8 Å². The molecule has 2 aliphatic heterocycles. The zero-order valence-electron chi connectivity index (χ0n) is 16.9. The Morgan fingerprint density at radius 1 is 1.17 bits per heavy atom. The van der Waals surface area contributed by atoms with E-state index >= 15 is 0 Å². The van der Waals surface area contributed by atoms with Crippen molar-refractivity contribution in [3.05, 3.63) is 71.3 Å². The molecule has 0 aromatic heterocycles. The third kappa shape index (κ3) is 5.28. The molecule has 2 aromatic rings. The van der Waals surface area contributed by atoms with Gasteiger partial charge < -0.3 is 15.0 Å². The number of benzene rings is 2. The minimum Gasteiger partial charge on any atom is -0.373 e. The summed E-state index contributed by atoms with van der Waals surface area (Å²) in [5.74, 6) is -0.205. The van der Waals surface area contributed by atoms with Crippen LogP contribution in [0.3, 0.4) is 0 Å². The molecule has 1 N–H and O–H groups in total. The van der Waals surface area contributed by atoms with Crippen molar-refractivity contribution in [2.75, 3.05) is 33.3 Å². The van der Waals surface area contributed by atoms with Crippen LogP contribution in [0.1, 0.15) is 11.1 Å². The molecule has 0 bridgehead atoms. The molecule has 2 heterocycles. The van der Waals surface area contributed by atoms with E-state index in [1.165, 1.54) is 11.6 Å². The van der Waals surface area contributed by atoms with Crippen LogP contribution >= 0.6 is 24.0 Å². The zero-order valence-corrected chi connectivity index (χ0v) is 19.3. The number of guanidine groups is 1. The predicted molar refractivity (Wildman–Crippen MR) is 124 cm³/mol. The van der Waals surface area contributed by atoms with Crippen molar-refractivity contribution < 1.29 is 13.5 Å². The third-order valence-electron chi connectivity index (χ3n) is 5.60. The molecule has 0 amide bonds. The number of nitrogens with one attached hydrogen (secondary N) is 1. The maximum absolute atomic E-state index is 13.9. The van der Waals surface area contributed by atoms with Crippen LogP contribution in [0.25, 0.3) is 0 Å².